The molecule has 0 amide bonds. The molecule has 8 heteroatoms. The van der Waals surface area contributed by atoms with E-state index in [9.17, 15) is 13.2 Å². The van der Waals surface area contributed by atoms with E-state index in [1.165, 1.54) is 12.1 Å². The predicted molar refractivity (Wildman–Crippen MR) is 98.5 cm³/mol. The normalized spacial score (nSPS) is 11.5. The molecule has 26 heavy (non-hydrogen) atoms. The molecule has 1 aromatic heterocycles. The number of aliphatic carboxylic acids is 1. The lowest BCUT2D eigenvalue weighted by atomic mass is 10.2. The first-order valence-corrected chi connectivity index (χ1v) is 9.87. The fraction of sp³-hybridized carbons (Fsp3) is 0.111. The third kappa shape index (κ3) is 3.95. The SMILES string of the molecule is CS(=O)(=O)c1ccc(-n2cc(CC(=O)O)nc2-c2ccc(Cl)cc2)cc1. The van der Waals surface area contributed by atoms with Gasteiger partial charge in [0.25, 0.3) is 0 Å². The van der Waals surface area contributed by atoms with Crippen molar-refractivity contribution in [2.75, 3.05) is 6.26 Å². The second-order valence-corrected chi connectivity index (χ2v) is 8.22. The van der Waals surface area contributed by atoms with Crippen LogP contribution in [0.5, 0.6) is 0 Å². The summed E-state index contributed by atoms with van der Waals surface area (Å²) in [5, 5.41) is 9.62. The molecule has 1 heterocycles. The Labute approximate surface area is 155 Å². The van der Waals surface area contributed by atoms with E-state index in [0.717, 1.165) is 11.8 Å². The molecule has 0 radical (unpaired) electrons. The van der Waals surface area contributed by atoms with Crippen LogP contribution in [0.4, 0.5) is 0 Å². The fourth-order valence-electron chi connectivity index (χ4n) is 2.52. The van der Waals surface area contributed by atoms with Crippen LogP contribution in [0, 0.1) is 0 Å². The molecule has 3 aromatic rings. The number of halogens is 1. The van der Waals surface area contributed by atoms with Crippen LogP contribution in [0.25, 0.3) is 17.1 Å². The van der Waals surface area contributed by atoms with Crippen LogP contribution in [0.15, 0.2) is 59.6 Å². The smallest absolute Gasteiger partial charge is 0.309 e. The third-order valence-electron chi connectivity index (χ3n) is 3.73. The molecular weight excluding hydrogens is 376 g/mol. The van der Waals surface area contributed by atoms with E-state index < -0.39 is 15.8 Å². The largest absolute Gasteiger partial charge is 0.481 e. The van der Waals surface area contributed by atoms with E-state index in [0.29, 0.717) is 22.2 Å². The summed E-state index contributed by atoms with van der Waals surface area (Å²) in [5.74, 6) is -0.435. The number of hydrogen-bond acceptors (Lipinski definition) is 4. The van der Waals surface area contributed by atoms with Crippen LogP contribution < -0.4 is 0 Å². The number of hydrogen-bond donors (Lipinski definition) is 1. The van der Waals surface area contributed by atoms with Crippen molar-refractivity contribution in [1.29, 1.82) is 0 Å². The second-order valence-electron chi connectivity index (χ2n) is 5.77. The molecule has 2 aromatic carbocycles. The van der Waals surface area contributed by atoms with E-state index in [2.05, 4.69) is 4.98 Å². The van der Waals surface area contributed by atoms with Crippen LogP contribution in [0.3, 0.4) is 0 Å². The van der Waals surface area contributed by atoms with Gasteiger partial charge in [-0.1, -0.05) is 11.6 Å². The zero-order valence-corrected chi connectivity index (χ0v) is 15.3. The van der Waals surface area contributed by atoms with Gasteiger partial charge in [0.15, 0.2) is 9.84 Å². The molecule has 3 rings (SSSR count). The number of carboxylic acid groups (broad SMARTS) is 1. The van der Waals surface area contributed by atoms with Crippen molar-refractivity contribution in [2.24, 2.45) is 0 Å². The molecule has 0 aliphatic heterocycles. The first kappa shape index (κ1) is 18.2. The van der Waals surface area contributed by atoms with Gasteiger partial charge in [-0.2, -0.15) is 0 Å². The highest BCUT2D eigenvalue weighted by atomic mass is 35.5. The topological polar surface area (TPSA) is 89.3 Å². The minimum Gasteiger partial charge on any atom is -0.481 e. The average molecular weight is 391 g/mol. The molecule has 0 saturated heterocycles. The minimum atomic E-state index is -3.30. The number of imidazole rings is 1. The Kier molecular flexibility index (Phi) is 4.84. The van der Waals surface area contributed by atoms with Gasteiger partial charge < -0.3 is 5.11 Å². The molecule has 0 saturated carbocycles. The molecule has 0 fully saturated rings. The Morgan fingerprint density at radius 1 is 1.12 bits per heavy atom. The highest BCUT2D eigenvalue weighted by molar-refractivity contribution is 7.90. The van der Waals surface area contributed by atoms with Crippen molar-refractivity contribution in [3.8, 4) is 17.1 Å². The number of nitrogens with zero attached hydrogens (tertiary/aromatic N) is 2. The van der Waals surface area contributed by atoms with Gasteiger partial charge in [-0.3, -0.25) is 9.36 Å². The molecule has 6 nitrogen and oxygen atoms in total. The van der Waals surface area contributed by atoms with Gasteiger partial charge in [-0.05, 0) is 48.5 Å². The number of rotatable bonds is 5. The van der Waals surface area contributed by atoms with Crippen molar-refractivity contribution in [3.63, 3.8) is 0 Å². The zero-order valence-electron chi connectivity index (χ0n) is 13.8. The summed E-state index contributed by atoms with van der Waals surface area (Å²) in [6.45, 7) is 0. The Bertz CT molecular complexity index is 1060. The van der Waals surface area contributed by atoms with Crippen LogP contribution in [-0.4, -0.2) is 35.3 Å². The number of aromatic nitrogens is 2. The summed E-state index contributed by atoms with van der Waals surface area (Å²) in [6, 6.07) is 13.3. The van der Waals surface area contributed by atoms with Crippen LogP contribution >= 0.6 is 11.6 Å². The summed E-state index contributed by atoms with van der Waals surface area (Å²) < 4.78 is 25.0. The highest BCUT2D eigenvalue weighted by Crippen LogP contribution is 2.25. The zero-order chi connectivity index (χ0) is 18.9. The van der Waals surface area contributed by atoms with Gasteiger partial charge in [-0.15, -0.1) is 0 Å². The predicted octanol–water partition coefficient (Wildman–Crippen LogP) is 3.22. The van der Waals surface area contributed by atoms with E-state index in [1.807, 2.05) is 0 Å². The maximum absolute atomic E-state index is 11.6. The van der Waals surface area contributed by atoms with E-state index >= 15 is 0 Å². The Morgan fingerprint density at radius 3 is 2.27 bits per heavy atom. The second kappa shape index (κ2) is 6.93. The van der Waals surface area contributed by atoms with Crippen molar-refractivity contribution in [2.45, 2.75) is 11.3 Å². The molecule has 0 spiro atoms. The molecule has 0 aliphatic rings. The fourth-order valence-corrected chi connectivity index (χ4v) is 3.28. The lowest BCUT2D eigenvalue weighted by Gasteiger charge is -2.09. The minimum absolute atomic E-state index is 0.208. The van der Waals surface area contributed by atoms with E-state index in [-0.39, 0.29) is 11.3 Å². The molecule has 0 bridgehead atoms. The molecule has 1 N–H and O–H groups in total. The van der Waals surface area contributed by atoms with Crippen LogP contribution in [0.1, 0.15) is 5.69 Å². The van der Waals surface area contributed by atoms with E-state index in [4.69, 9.17) is 16.7 Å². The maximum atomic E-state index is 11.6. The molecular formula is C18H15ClN2O4S. The quantitative estimate of drug-likeness (QED) is 0.722. The first-order chi connectivity index (χ1) is 12.2. The van der Waals surface area contributed by atoms with Gasteiger partial charge >= 0.3 is 5.97 Å². The molecule has 0 unspecified atom stereocenters. The molecule has 134 valence electrons. The van der Waals surface area contributed by atoms with Crippen molar-refractivity contribution >= 4 is 27.4 Å². The summed E-state index contributed by atoms with van der Waals surface area (Å²) in [5.41, 5.74) is 1.83. The highest BCUT2D eigenvalue weighted by Gasteiger charge is 2.15. The Balaban J connectivity index is 2.11. The molecule has 0 aliphatic carbocycles. The van der Waals surface area contributed by atoms with Crippen molar-refractivity contribution in [1.82, 2.24) is 9.55 Å². The monoisotopic (exact) mass is 390 g/mol. The number of sulfone groups is 1. The summed E-state index contributed by atoms with van der Waals surface area (Å²) >= 11 is 5.93. The summed E-state index contributed by atoms with van der Waals surface area (Å²) in [7, 11) is -3.30. The Morgan fingerprint density at radius 2 is 1.73 bits per heavy atom. The van der Waals surface area contributed by atoms with Crippen molar-refractivity contribution in [3.05, 3.63) is 65.4 Å². The molecule has 0 atom stereocenters. The maximum Gasteiger partial charge on any atom is 0.309 e. The van der Waals surface area contributed by atoms with Gasteiger partial charge in [-0.25, -0.2) is 13.4 Å². The number of carbonyl (C=O) groups is 1. The van der Waals surface area contributed by atoms with Crippen LogP contribution in [0.2, 0.25) is 5.02 Å². The van der Waals surface area contributed by atoms with E-state index in [1.54, 1.807) is 47.2 Å². The first-order valence-electron chi connectivity index (χ1n) is 7.60. The summed E-state index contributed by atoms with van der Waals surface area (Å²) in [6.07, 6.45) is 2.56. The third-order valence-corrected chi connectivity index (χ3v) is 5.11. The van der Waals surface area contributed by atoms with Gasteiger partial charge in [0, 0.05) is 28.7 Å². The van der Waals surface area contributed by atoms with Gasteiger partial charge in [0.05, 0.1) is 17.0 Å². The van der Waals surface area contributed by atoms with Gasteiger partial charge in [0.2, 0.25) is 0 Å². The standard InChI is InChI=1S/C18H15ClN2O4S/c1-26(24,25)16-8-6-15(7-9-16)21-11-14(10-17(22)23)20-18(21)12-2-4-13(19)5-3-12/h2-9,11H,10H2,1H3,(H,22,23). The lowest BCUT2D eigenvalue weighted by Crippen LogP contribution is -2.00. The number of benzene rings is 2. The Hall–Kier alpha value is -2.64. The van der Waals surface area contributed by atoms with Crippen molar-refractivity contribution < 1.29 is 18.3 Å². The van der Waals surface area contributed by atoms with Gasteiger partial charge in [0.1, 0.15) is 5.82 Å². The summed E-state index contributed by atoms with van der Waals surface area (Å²) in [4.78, 5) is 15.7. The van der Waals surface area contributed by atoms with Crippen LogP contribution in [-0.2, 0) is 21.1 Å². The lowest BCUT2D eigenvalue weighted by molar-refractivity contribution is -0.136. The number of carboxylic acids is 1. The average Bonchev–Trinajstić information content (AvgIpc) is 2.98.